The van der Waals surface area contributed by atoms with Gasteiger partial charge in [-0.15, -0.1) is 0 Å². The van der Waals surface area contributed by atoms with Crippen LogP contribution in [0.1, 0.15) is 5.56 Å². The van der Waals surface area contributed by atoms with E-state index in [0.29, 0.717) is 11.4 Å². The Bertz CT molecular complexity index is 1090. The third-order valence-corrected chi connectivity index (χ3v) is 5.17. The van der Waals surface area contributed by atoms with Gasteiger partial charge in [0.25, 0.3) is 10.0 Å². The van der Waals surface area contributed by atoms with E-state index in [2.05, 4.69) is 20.1 Å². The first-order valence-electron chi connectivity index (χ1n) is 8.09. The number of para-hydroxylation sites is 1. The van der Waals surface area contributed by atoms with Crippen LogP contribution in [0.2, 0.25) is 0 Å². The molecule has 7 nitrogen and oxygen atoms in total. The van der Waals surface area contributed by atoms with Crippen LogP contribution in [-0.4, -0.2) is 8.42 Å². The molecule has 0 aromatic heterocycles. The Labute approximate surface area is 157 Å². The molecule has 27 heavy (non-hydrogen) atoms. The highest BCUT2D eigenvalue weighted by atomic mass is 32.2. The van der Waals surface area contributed by atoms with Gasteiger partial charge in [-0.3, -0.25) is 4.72 Å². The number of sulfonamides is 1. The maximum Gasteiger partial charge on any atom is 0.261 e. The van der Waals surface area contributed by atoms with Crippen LogP contribution in [0.4, 0.5) is 22.7 Å². The fraction of sp³-hybridized carbons (Fsp3) is 0.0526. The first-order chi connectivity index (χ1) is 13.0. The summed E-state index contributed by atoms with van der Waals surface area (Å²) in [6.07, 6.45) is 0. The van der Waals surface area contributed by atoms with E-state index in [-0.39, 0.29) is 10.6 Å². The smallest absolute Gasteiger partial charge is 0.261 e. The second-order valence-electron chi connectivity index (χ2n) is 5.83. The summed E-state index contributed by atoms with van der Waals surface area (Å²) < 4.78 is 28.1. The zero-order valence-electron chi connectivity index (χ0n) is 14.5. The molecule has 0 aliphatic rings. The molecule has 0 bridgehead atoms. The van der Waals surface area contributed by atoms with E-state index in [9.17, 15) is 8.42 Å². The number of azide groups is 1. The van der Waals surface area contributed by atoms with Crippen LogP contribution in [0, 0.1) is 6.92 Å². The van der Waals surface area contributed by atoms with Crippen LogP contribution in [0.3, 0.4) is 0 Å². The van der Waals surface area contributed by atoms with Crippen LogP contribution in [0.5, 0.6) is 0 Å². The highest BCUT2D eigenvalue weighted by Crippen LogP contribution is 2.31. The van der Waals surface area contributed by atoms with Crippen molar-refractivity contribution in [3.8, 4) is 0 Å². The highest BCUT2D eigenvalue weighted by Gasteiger charge is 2.16. The average Bonchev–Trinajstić information content (AvgIpc) is 2.65. The largest absolute Gasteiger partial charge is 0.354 e. The van der Waals surface area contributed by atoms with E-state index in [0.717, 1.165) is 11.3 Å². The Balaban J connectivity index is 1.99. The molecular weight excluding hydrogens is 362 g/mol. The maximum absolute atomic E-state index is 12.7. The summed E-state index contributed by atoms with van der Waals surface area (Å²) in [7, 11) is -3.80. The van der Waals surface area contributed by atoms with E-state index in [1.807, 2.05) is 37.3 Å². The Morgan fingerprint density at radius 3 is 2.30 bits per heavy atom. The number of nitrogens with one attached hydrogen (secondary N) is 2. The van der Waals surface area contributed by atoms with E-state index in [4.69, 9.17) is 5.53 Å². The predicted molar refractivity (Wildman–Crippen MR) is 107 cm³/mol. The molecule has 136 valence electrons. The van der Waals surface area contributed by atoms with Gasteiger partial charge < -0.3 is 5.32 Å². The van der Waals surface area contributed by atoms with Crippen LogP contribution < -0.4 is 10.0 Å². The van der Waals surface area contributed by atoms with Crippen molar-refractivity contribution in [2.45, 2.75) is 11.8 Å². The first-order valence-corrected chi connectivity index (χ1v) is 9.57. The molecule has 0 fully saturated rings. The van der Waals surface area contributed by atoms with Crippen molar-refractivity contribution < 1.29 is 8.42 Å². The molecule has 3 aromatic carbocycles. The number of benzene rings is 3. The van der Waals surface area contributed by atoms with Crippen molar-refractivity contribution in [2.75, 3.05) is 10.0 Å². The maximum atomic E-state index is 12.7. The third kappa shape index (κ3) is 4.58. The van der Waals surface area contributed by atoms with Crippen molar-refractivity contribution in [1.29, 1.82) is 0 Å². The minimum atomic E-state index is -3.80. The molecule has 0 atom stereocenters. The fourth-order valence-corrected chi connectivity index (χ4v) is 3.51. The zero-order valence-corrected chi connectivity index (χ0v) is 15.3. The number of hydrogen-bond donors (Lipinski definition) is 2. The molecular formula is C19H17N5O2S. The standard InChI is InChI=1S/C19H17N5O2S/c1-14-7-10-17(11-8-14)27(25,26)23-19-13-16(22-24-20)9-12-18(19)21-15-5-3-2-4-6-15/h2-13,21,23H,1H3. The Morgan fingerprint density at radius 2 is 1.63 bits per heavy atom. The molecule has 0 aliphatic heterocycles. The SMILES string of the molecule is Cc1ccc(S(=O)(=O)Nc2cc(N=[N+]=[N-])ccc2Nc2ccccc2)cc1. The van der Waals surface area contributed by atoms with Crippen molar-refractivity contribution >= 4 is 32.8 Å². The van der Waals surface area contributed by atoms with Crippen molar-refractivity contribution in [2.24, 2.45) is 5.11 Å². The van der Waals surface area contributed by atoms with Gasteiger partial charge in [0.2, 0.25) is 0 Å². The van der Waals surface area contributed by atoms with Crippen molar-refractivity contribution in [3.05, 3.63) is 88.8 Å². The van der Waals surface area contributed by atoms with Crippen LogP contribution in [-0.2, 0) is 10.0 Å². The van der Waals surface area contributed by atoms with E-state index in [1.165, 1.54) is 6.07 Å². The zero-order chi connectivity index (χ0) is 19.3. The molecule has 3 aromatic rings. The number of anilines is 3. The second kappa shape index (κ2) is 7.82. The minimum absolute atomic E-state index is 0.146. The molecule has 0 aliphatic carbocycles. The van der Waals surface area contributed by atoms with Gasteiger partial charge in [0.1, 0.15) is 0 Å². The van der Waals surface area contributed by atoms with Crippen molar-refractivity contribution in [1.82, 2.24) is 0 Å². The molecule has 3 rings (SSSR count). The molecule has 0 amide bonds. The van der Waals surface area contributed by atoms with Gasteiger partial charge in [0.05, 0.1) is 16.3 Å². The Morgan fingerprint density at radius 1 is 0.926 bits per heavy atom. The van der Waals surface area contributed by atoms with Gasteiger partial charge in [0, 0.05) is 16.3 Å². The number of aryl methyl sites for hydroxylation is 1. The van der Waals surface area contributed by atoms with E-state index >= 15 is 0 Å². The highest BCUT2D eigenvalue weighted by molar-refractivity contribution is 7.92. The van der Waals surface area contributed by atoms with Gasteiger partial charge in [-0.05, 0) is 48.9 Å². The Hall–Kier alpha value is -3.48. The molecule has 0 saturated heterocycles. The molecule has 0 unspecified atom stereocenters. The lowest BCUT2D eigenvalue weighted by Gasteiger charge is -2.15. The molecule has 0 saturated carbocycles. The lowest BCUT2D eigenvalue weighted by atomic mass is 10.2. The van der Waals surface area contributed by atoms with Gasteiger partial charge in [-0.25, -0.2) is 8.42 Å². The predicted octanol–water partition coefficient (Wildman–Crippen LogP) is 5.48. The van der Waals surface area contributed by atoms with E-state index < -0.39 is 10.0 Å². The number of nitrogens with zero attached hydrogens (tertiary/aromatic N) is 3. The summed E-state index contributed by atoms with van der Waals surface area (Å²) in [5, 5.41) is 6.71. The number of rotatable bonds is 6. The third-order valence-electron chi connectivity index (χ3n) is 3.79. The van der Waals surface area contributed by atoms with Gasteiger partial charge in [-0.2, -0.15) is 0 Å². The lowest BCUT2D eigenvalue weighted by molar-refractivity contribution is 0.601. The monoisotopic (exact) mass is 379 g/mol. The van der Waals surface area contributed by atoms with Crippen LogP contribution in [0.15, 0.2) is 82.8 Å². The van der Waals surface area contributed by atoms with Crippen LogP contribution in [0.25, 0.3) is 10.4 Å². The quantitative estimate of drug-likeness (QED) is 0.336. The molecule has 0 spiro atoms. The van der Waals surface area contributed by atoms with Gasteiger partial charge in [-0.1, -0.05) is 47.1 Å². The fourth-order valence-electron chi connectivity index (χ4n) is 2.44. The summed E-state index contributed by atoms with van der Waals surface area (Å²) in [6, 6.07) is 20.6. The summed E-state index contributed by atoms with van der Waals surface area (Å²) in [5.41, 5.74) is 11.5. The summed E-state index contributed by atoms with van der Waals surface area (Å²) in [5.74, 6) is 0. The summed E-state index contributed by atoms with van der Waals surface area (Å²) >= 11 is 0. The normalized spacial score (nSPS) is 10.7. The van der Waals surface area contributed by atoms with Crippen molar-refractivity contribution in [3.63, 3.8) is 0 Å². The molecule has 2 N–H and O–H groups in total. The first kappa shape index (κ1) is 18.3. The second-order valence-corrected chi connectivity index (χ2v) is 7.51. The van der Waals surface area contributed by atoms with Gasteiger partial charge >= 0.3 is 0 Å². The Kier molecular flexibility index (Phi) is 5.30. The molecule has 0 heterocycles. The summed E-state index contributed by atoms with van der Waals surface area (Å²) in [6.45, 7) is 1.88. The summed E-state index contributed by atoms with van der Waals surface area (Å²) in [4.78, 5) is 2.90. The number of hydrogen-bond acceptors (Lipinski definition) is 4. The average molecular weight is 379 g/mol. The van der Waals surface area contributed by atoms with Gasteiger partial charge in [0.15, 0.2) is 0 Å². The minimum Gasteiger partial charge on any atom is -0.354 e. The lowest BCUT2D eigenvalue weighted by Crippen LogP contribution is -2.14. The molecule has 8 heteroatoms. The van der Waals surface area contributed by atoms with Crippen LogP contribution >= 0.6 is 0 Å². The molecule has 0 radical (unpaired) electrons. The topological polar surface area (TPSA) is 107 Å². The van der Waals surface area contributed by atoms with E-state index in [1.54, 1.807) is 36.4 Å².